The monoisotopic (exact) mass is 1630 g/mol. The van der Waals surface area contributed by atoms with Crippen LogP contribution in [0.1, 0.15) is 122 Å². The smallest absolute Gasteiger partial charge is 0.312 e. The standard InChI is InChI=1S/C19H19N7O.2C16H17N5O3.C16H19N5O2.C14H16N4O2S/c27-18-15-7-6-14(12-17(15)24-25-18)20-9-8-16(13-4-2-1-3-5-13)23-19-21-10-11-22-26-19;22-15(17-14-8-12(18-20-14)9-1-2-9)5-6-24-10-3-4-11-13(7-10)19-21-16(11)23;22-15(5-6-17-14-8-12(18-20-14)9-1-2-9)24-10-3-4-11-13(7-10)19-21-16(11)23;22-16-12-5-4-11(8-14(12)19-21-16)23-7-1-6-17-15-9-13(18-20-15)10-2-3-10;1-9-8-16-14(21-9)15-5-2-6-20-10-3-4-11-12(7-10)17-18-13(11)19/h1-7,10-12,16,20H,8-9H2,(H,21,23,26)(H2,24,25,27);3-4,7-9H,1-2,5-6H2,(H2,19,21,23)(H2,17,18,20,22);3-4,7-9H,1-2,5-6H2,(H2,17,18,20)(H2,19,21,23);4-5,8-10H,1-3,6-7H2,(H2,17,18,20)(H2,19,21,22);3-4,7-8H,2,5-6H2,1H3,(H,15,16)(H2,17,18,19). The molecular formula is C81H88N26O11S. The molecule has 0 spiro atoms. The average Bonchev–Trinajstić information content (AvgIpc) is 1.76. The van der Waals surface area contributed by atoms with E-state index >= 15 is 0 Å². The third-order valence-corrected chi connectivity index (χ3v) is 20.3. The van der Waals surface area contributed by atoms with Gasteiger partial charge in [0.05, 0.1) is 106 Å². The van der Waals surface area contributed by atoms with Crippen molar-refractivity contribution in [2.24, 2.45) is 0 Å². The Labute approximate surface area is 678 Å². The molecule has 119 heavy (non-hydrogen) atoms. The summed E-state index contributed by atoms with van der Waals surface area (Å²) in [6, 6.07) is 42.6. The maximum Gasteiger partial charge on any atom is 0.312 e. The van der Waals surface area contributed by atoms with Crippen molar-refractivity contribution < 1.29 is 28.5 Å². The van der Waals surface area contributed by atoms with Gasteiger partial charge in [-0.1, -0.05) is 30.3 Å². The molecule has 0 saturated heterocycles. The number of H-pyrrole nitrogens is 13. The van der Waals surface area contributed by atoms with E-state index in [0.717, 1.165) is 106 Å². The SMILES string of the molecule is Cc1cnc(NCCCOc2ccc3c(=O)[nH][nH]c3c2)s1.O=C(CCNc1cc(C2CC2)[nH]n1)Oc1ccc2c(=O)[nH][nH]c2c1.O=C(CCOc1ccc2c(=O)[nH][nH]c2c1)Nc1cc(C2CC2)[nH]n1.O=c1[nH][nH]c2cc(NCCC(Nc3nccnn3)c3ccccc3)ccc12.O=c1[nH][nH]c2cc(OCCCNc3cc(C4CC4)[nH]n3)ccc12. The predicted molar refractivity (Wildman–Crippen MR) is 454 cm³/mol. The van der Waals surface area contributed by atoms with E-state index in [1.807, 2.05) is 85.9 Å². The van der Waals surface area contributed by atoms with Crippen LogP contribution in [0.2, 0.25) is 0 Å². The van der Waals surface area contributed by atoms with Gasteiger partial charge in [-0.25, -0.2) is 9.97 Å². The van der Waals surface area contributed by atoms with Crippen molar-refractivity contribution >= 4 is 112 Å². The van der Waals surface area contributed by atoms with Crippen LogP contribution in [0.15, 0.2) is 182 Å². The van der Waals surface area contributed by atoms with E-state index in [-0.39, 0.29) is 65.2 Å². The molecule has 3 saturated carbocycles. The first-order valence-electron chi connectivity index (χ1n) is 39.1. The summed E-state index contributed by atoms with van der Waals surface area (Å²) in [4.78, 5) is 90.7. The number of carbonyl (C=O) groups excluding carboxylic acids is 2. The number of carbonyl (C=O) groups is 2. The molecule has 10 aromatic heterocycles. The summed E-state index contributed by atoms with van der Waals surface area (Å²) in [6.07, 6.45) is 15.3. The van der Waals surface area contributed by atoms with Crippen LogP contribution in [-0.2, 0) is 9.59 Å². The molecule has 3 aliphatic rings. The van der Waals surface area contributed by atoms with Crippen molar-refractivity contribution in [1.82, 2.24) is 102 Å². The minimum Gasteiger partial charge on any atom is -0.493 e. The van der Waals surface area contributed by atoms with Crippen LogP contribution in [0.5, 0.6) is 23.0 Å². The summed E-state index contributed by atoms with van der Waals surface area (Å²) in [5.74, 6) is 6.58. The number of aromatic amines is 13. The van der Waals surface area contributed by atoms with Crippen molar-refractivity contribution in [3.8, 4) is 23.0 Å². The second-order valence-electron chi connectivity index (χ2n) is 28.6. The van der Waals surface area contributed by atoms with Gasteiger partial charge in [0.2, 0.25) is 11.9 Å². The highest BCUT2D eigenvalue weighted by Crippen LogP contribution is 2.41. The number of amides is 1. The zero-order valence-electron chi connectivity index (χ0n) is 64.6. The lowest BCUT2D eigenvalue weighted by Crippen LogP contribution is -2.17. The number of benzene rings is 6. The zero-order chi connectivity index (χ0) is 81.8. The van der Waals surface area contributed by atoms with Crippen molar-refractivity contribution in [2.75, 3.05) is 77.9 Å². The Morgan fingerprint density at radius 3 is 1.42 bits per heavy atom. The van der Waals surface area contributed by atoms with E-state index in [1.165, 1.54) is 49.1 Å². The van der Waals surface area contributed by atoms with Crippen molar-refractivity contribution in [2.45, 2.75) is 101 Å². The zero-order valence-corrected chi connectivity index (χ0v) is 65.4. The van der Waals surface area contributed by atoms with Gasteiger partial charge < -0.3 is 50.8 Å². The lowest BCUT2D eigenvalue weighted by atomic mass is 10.0. The molecule has 1 unspecified atom stereocenters. The molecule has 19 N–H and O–H groups in total. The van der Waals surface area contributed by atoms with Gasteiger partial charge in [-0.05, 0) is 137 Å². The molecule has 16 aromatic rings. The van der Waals surface area contributed by atoms with Crippen LogP contribution in [0.25, 0.3) is 54.5 Å². The molecule has 10 heterocycles. The van der Waals surface area contributed by atoms with Gasteiger partial charge >= 0.3 is 5.97 Å². The predicted octanol–water partition coefficient (Wildman–Crippen LogP) is 11.3. The fourth-order valence-corrected chi connectivity index (χ4v) is 13.5. The van der Waals surface area contributed by atoms with Gasteiger partial charge in [0.15, 0.2) is 10.9 Å². The molecule has 0 bridgehead atoms. The van der Waals surface area contributed by atoms with Crippen LogP contribution in [-0.4, -0.2) is 160 Å². The number of rotatable bonds is 32. The van der Waals surface area contributed by atoms with E-state index in [2.05, 4.69) is 152 Å². The third kappa shape index (κ3) is 22.2. The average molecular weight is 1630 g/mol. The molecule has 38 heteroatoms. The number of ether oxygens (including phenoxy) is 4. The molecule has 3 aliphatic carbocycles. The molecule has 6 aromatic carbocycles. The first-order valence-corrected chi connectivity index (χ1v) is 39.9. The number of aromatic nitrogens is 20. The van der Waals surface area contributed by atoms with Crippen molar-refractivity contribution in [3.05, 3.63) is 237 Å². The van der Waals surface area contributed by atoms with Gasteiger partial charge in [0, 0.05) is 120 Å². The maximum absolute atomic E-state index is 11.9. The molecule has 3 fully saturated rings. The van der Waals surface area contributed by atoms with E-state index < -0.39 is 0 Å². The Morgan fingerprint density at radius 2 is 0.924 bits per heavy atom. The van der Waals surface area contributed by atoms with E-state index in [1.54, 1.807) is 72.3 Å². The lowest BCUT2D eigenvalue weighted by molar-refractivity contribution is -0.134. The number of anilines is 6. The Morgan fingerprint density at radius 1 is 0.462 bits per heavy atom. The third-order valence-electron chi connectivity index (χ3n) is 19.5. The molecule has 19 rings (SSSR count). The van der Waals surface area contributed by atoms with E-state index in [0.29, 0.717) is 98.7 Å². The van der Waals surface area contributed by atoms with Gasteiger partial charge in [-0.3, -0.25) is 99.8 Å². The van der Waals surface area contributed by atoms with Gasteiger partial charge in [-0.2, -0.15) is 20.4 Å². The number of hydrogen-bond donors (Lipinski definition) is 19. The Hall–Kier alpha value is -14.7. The number of nitrogens with zero attached hydrogens (tertiary/aromatic N) is 7. The van der Waals surface area contributed by atoms with Gasteiger partial charge in [0.25, 0.3) is 27.8 Å². The summed E-state index contributed by atoms with van der Waals surface area (Å²) in [5.41, 5.74) is 8.44. The first-order chi connectivity index (χ1) is 58.2. The quantitative estimate of drug-likeness (QED) is 0.0106. The number of fused-ring (bicyclic) bond motifs is 5. The summed E-state index contributed by atoms with van der Waals surface area (Å²) >= 11 is 1.65. The number of esters is 1. The summed E-state index contributed by atoms with van der Waals surface area (Å²) in [5, 5.41) is 79.2. The Bertz CT molecular complexity index is 6350. The lowest BCUT2D eigenvalue weighted by Gasteiger charge is -2.19. The van der Waals surface area contributed by atoms with Crippen LogP contribution >= 0.6 is 11.3 Å². The van der Waals surface area contributed by atoms with Gasteiger partial charge in [-0.15, -0.1) is 16.4 Å². The second-order valence-corrected chi connectivity index (χ2v) is 29.8. The number of thiazole rings is 1. The summed E-state index contributed by atoms with van der Waals surface area (Å²) in [7, 11) is 0. The Balaban J connectivity index is 0.000000116. The molecule has 0 aliphatic heterocycles. The Kier molecular flexibility index (Phi) is 25.5. The fourth-order valence-electron chi connectivity index (χ4n) is 12.8. The van der Waals surface area contributed by atoms with Crippen LogP contribution in [0.3, 0.4) is 0 Å². The molecular weight excluding hydrogens is 1550 g/mol. The largest absolute Gasteiger partial charge is 0.493 e. The number of hydrogen-bond acceptors (Lipinski definition) is 24. The molecule has 37 nitrogen and oxygen atoms in total. The minimum absolute atomic E-state index is 0.0405. The minimum atomic E-state index is -0.349. The molecule has 1 amide bonds. The van der Waals surface area contributed by atoms with Crippen LogP contribution in [0, 0.1) is 6.92 Å². The van der Waals surface area contributed by atoms with E-state index in [9.17, 15) is 33.6 Å². The molecule has 1 atom stereocenters. The van der Waals surface area contributed by atoms with E-state index in [4.69, 9.17) is 18.9 Å². The maximum atomic E-state index is 11.9. The number of nitrogens with one attached hydrogen (secondary N) is 19. The van der Waals surface area contributed by atoms with Crippen molar-refractivity contribution in [3.63, 3.8) is 0 Å². The topological polar surface area (TPSA) is 524 Å². The number of aryl methyl sites for hydroxylation is 1. The highest BCUT2D eigenvalue weighted by atomic mass is 32.1. The summed E-state index contributed by atoms with van der Waals surface area (Å²) in [6.45, 7) is 6.28. The van der Waals surface area contributed by atoms with Gasteiger partial charge in [0.1, 0.15) is 34.6 Å². The fraction of sp³-hybridized carbons (Fsp3) is 0.284. The van der Waals surface area contributed by atoms with Crippen LogP contribution in [0.4, 0.5) is 34.2 Å². The highest BCUT2D eigenvalue weighted by molar-refractivity contribution is 7.15. The molecule has 0 radical (unpaired) electrons. The highest BCUT2D eigenvalue weighted by Gasteiger charge is 2.28. The molecule has 614 valence electrons. The van der Waals surface area contributed by atoms with Crippen LogP contribution < -0.4 is 78.6 Å². The summed E-state index contributed by atoms with van der Waals surface area (Å²) < 4.78 is 22.2. The first kappa shape index (κ1) is 79.5. The second kappa shape index (κ2) is 38.2. The van der Waals surface area contributed by atoms with Crippen molar-refractivity contribution in [1.29, 1.82) is 0 Å². The normalized spacial score (nSPS) is 13.1.